The average molecular weight is 314 g/mol. The number of benzene rings is 2. The van der Waals surface area contributed by atoms with E-state index in [0.29, 0.717) is 6.04 Å². The van der Waals surface area contributed by atoms with Crippen molar-refractivity contribution in [1.29, 1.82) is 0 Å². The number of hydrogen-bond acceptors (Lipinski definition) is 2. The van der Waals surface area contributed by atoms with Crippen LogP contribution in [-0.4, -0.2) is 31.1 Å². The van der Waals surface area contributed by atoms with Gasteiger partial charge < -0.3 is 5.32 Å². The van der Waals surface area contributed by atoms with Crippen molar-refractivity contribution in [2.75, 3.05) is 26.2 Å². The van der Waals surface area contributed by atoms with Crippen LogP contribution < -0.4 is 5.32 Å². The molecule has 1 aliphatic heterocycles. The largest absolute Gasteiger partial charge is 0.314 e. The predicted molar refractivity (Wildman–Crippen MR) is 87.3 cm³/mol. The van der Waals surface area contributed by atoms with E-state index in [-0.39, 0.29) is 11.6 Å². The molecule has 4 rings (SSSR count). The smallest absolute Gasteiger partial charge is 0.124 e. The van der Waals surface area contributed by atoms with Crippen LogP contribution in [0.15, 0.2) is 36.4 Å². The van der Waals surface area contributed by atoms with Crippen LogP contribution in [-0.2, 0) is 6.42 Å². The van der Waals surface area contributed by atoms with Crippen LogP contribution in [0.1, 0.15) is 23.6 Å². The first-order chi connectivity index (χ1) is 11.2. The fourth-order valence-electron chi connectivity index (χ4n) is 3.93. The van der Waals surface area contributed by atoms with Gasteiger partial charge in [-0.15, -0.1) is 0 Å². The number of fused-ring (bicyclic) bond motifs is 1. The topological polar surface area (TPSA) is 15.3 Å². The Kier molecular flexibility index (Phi) is 3.87. The molecule has 1 saturated heterocycles. The zero-order valence-corrected chi connectivity index (χ0v) is 13.0. The summed E-state index contributed by atoms with van der Waals surface area (Å²) in [4.78, 5) is 2.45. The Bertz CT molecular complexity index is 706. The number of nitrogens with zero attached hydrogens (tertiary/aromatic N) is 1. The van der Waals surface area contributed by atoms with E-state index in [2.05, 4.69) is 10.2 Å². The first-order valence-corrected chi connectivity index (χ1v) is 8.25. The van der Waals surface area contributed by atoms with Gasteiger partial charge in [0.15, 0.2) is 0 Å². The second kappa shape index (κ2) is 6.02. The summed E-state index contributed by atoms with van der Waals surface area (Å²) in [5, 5.41) is 3.36. The lowest BCUT2D eigenvalue weighted by molar-refractivity contribution is 0.173. The van der Waals surface area contributed by atoms with E-state index in [1.807, 2.05) is 0 Å². The van der Waals surface area contributed by atoms with Gasteiger partial charge in [-0.1, -0.05) is 12.1 Å². The zero-order chi connectivity index (χ0) is 15.8. The molecule has 4 heteroatoms. The van der Waals surface area contributed by atoms with E-state index in [0.717, 1.165) is 55.7 Å². The highest BCUT2D eigenvalue weighted by Crippen LogP contribution is 2.41. The third kappa shape index (κ3) is 2.77. The first-order valence-electron chi connectivity index (χ1n) is 8.25. The van der Waals surface area contributed by atoms with Gasteiger partial charge in [-0.05, 0) is 59.4 Å². The molecule has 2 nitrogen and oxygen atoms in total. The lowest BCUT2D eigenvalue weighted by Crippen LogP contribution is -2.44. The highest BCUT2D eigenvalue weighted by molar-refractivity contribution is 5.70. The molecule has 0 saturated carbocycles. The van der Waals surface area contributed by atoms with E-state index in [9.17, 15) is 8.78 Å². The summed E-state index contributed by atoms with van der Waals surface area (Å²) in [5.41, 5.74) is 4.15. The van der Waals surface area contributed by atoms with E-state index < -0.39 is 0 Å². The fourth-order valence-corrected chi connectivity index (χ4v) is 3.93. The molecule has 0 spiro atoms. The summed E-state index contributed by atoms with van der Waals surface area (Å²) in [5.74, 6) is -0.467. The Morgan fingerprint density at radius 1 is 0.957 bits per heavy atom. The Labute approximate surface area is 135 Å². The molecule has 2 aromatic carbocycles. The van der Waals surface area contributed by atoms with Crippen LogP contribution in [0.25, 0.3) is 11.1 Å². The van der Waals surface area contributed by atoms with Crippen LogP contribution in [0.2, 0.25) is 0 Å². The molecule has 1 N–H and O–H groups in total. The molecular formula is C19H20F2N2. The molecule has 1 heterocycles. The Balaban J connectivity index is 1.74. The van der Waals surface area contributed by atoms with Crippen molar-refractivity contribution in [3.63, 3.8) is 0 Å². The molecule has 1 fully saturated rings. The molecule has 1 unspecified atom stereocenters. The number of hydrogen-bond donors (Lipinski definition) is 1. The fraction of sp³-hybridized carbons (Fsp3) is 0.368. The maximum absolute atomic E-state index is 14.2. The number of nitrogens with one attached hydrogen (secondary N) is 1. The van der Waals surface area contributed by atoms with Crippen LogP contribution in [0.5, 0.6) is 0 Å². The molecule has 1 aliphatic carbocycles. The Morgan fingerprint density at radius 2 is 1.70 bits per heavy atom. The minimum atomic E-state index is -0.263. The normalized spacial score (nSPS) is 21.4. The van der Waals surface area contributed by atoms with Gasteiger partial charge in [0.05, 0.1) is 0 Å². The monoisotopic (exact) mass is 314 g/mol. The quantitative estimate of drug-likeness (QED) is 0.912. The van der Waals surface area contributed by atoms with E-state index in [1.165, 1.54) is 17.7 Å². The molecule has 120 valence electrons. The Morgan fingerprint density at radius 3 is 2.43 bits per heavy atom. The van der Waals surface area contributed by atoms with E-state index in [1.54, 1.807) is 24.3 Å². The van der Waals surface area contributed by atoms with Gasteiger partial charge in [-0.2, -0.15) is 0 Å². The summed E-state index contributed by atoms with van der Waals surface area (Å²) in [7, 11) is 0. The van der Waals surface area contributed by atoms with Crippen molar-refractivity contribution in [2.45, 2.75) is 18.9 Å². The zero-order valence-electron chi connectivity index (χ0n) is 13.0. The van der Waals surface area contributed by atoms with Crippen molar-refractivity contribution >= 4 is 0 Å². The van der Waals surface area contributed by atoms with Gasteiger partial charge in [-0.3, -0.25) is 4.90 Å². The predicted octanol–water partition coefficient (Wildman–Crippen LogP) is 3.52. The number of halogens is 2. The van der Waals surface area contributed by atoms with Gasteiger partial charge in [0.1, 0.15) is 11.6 Å². The summed E-state index contributed by atoms with van der Waals surface area (Å²) < 4.78 is 27.4. The lowest BCUT2D eigenvalue weighted by Gasteiger charge is -2.33. The van der Waals surface area contributed by atoms with Gasteiger partial charge in [-0.25, -0.2) is 8.78 Å². The molecule has 23 heavy (non-hydrogen) atoms. The molecule has 2 aliphatic rings. The minimum Gasteiger partial charge on any atom is -0.314 e. The molecule has 0 aromatic heterocycles. The van der Waals surface area contributed by atoms with Crippen molar-refractivity contribution in [2.24, 2.45) is 0 Å². The van der Waals surface area contributed by atoms with E-state index >= 15 is 0 Å². The summed E-state index contributed by atoms with van der Waals surface area (Å²) in [6.07, 6.45) is 1.99. The van der Waals surface area contributed by atoms with Gasteiger partial charge in [0.25, 0.3) is 0 Å². The summed E-state index contributed by atoms with van der Waals surface area (Å²) in [6.45, 7) is 4.00. The second-order valence-electron chi connectivity index (χ2n) is 6.37. The van der Waals surface area contributed by atoms with Crippen molar-refractivity contribution in [3.05, 3.63) is 59.2 Å². The number of piperazine rings is 1. The highest BCUT2D eigenvalue weighted by atomic mass is 19.1. The molecule has 0 amide bonds. The third-order valence-electron chi connectivity index (χ3n) is 5.02. The average Bonchev–Trinajstić information content (AvgIpc) is 2.99. The Hall–Kier alpha value is -1.78. The molecular weight excluding hydrogens is 294 g/mol. The maximum Gasteiger partial charge on any atom is 0.124 e. The van der Waals surface area contributed by atoms with E-state index in [4.69, 9.17) is 0 Å². The third-order valence-corrected chi connectivity index (χ3v) is 5.02. The van der Waals surface area contributed by atoms with Crippen LogP contribution in [0, 0.1) is 11.6 Å². The number of rotatable bonds is 2. The second-order valence-corrected chi connectivity index (χ2v) is 6.37. The maximum atomic E-state index is 14.2. The molecule has 1 atom stereocenters. The first kappa shape index (κ1) is 14.8. The van der Waals surface area contributed by atoms with Crippen molar-refractivity contribution < 1.29 is 8.78 Å². The molecule has 2 aromatic rings. The van der Waals surface area contributed by atoms with Crippen molar-refractivity contribution in [3.8, 4) is 11.1 Å². The highest BCUT2D eigenvalue weighted by Gasteiger charge is 2.31. The van der Waals surface area contributed by atoms with Gasteiger partial charge >= 0.3 is 0 Å². The van der Waals surface area contributed by atoms with Gasteiger partial charge in [0, 0.05) is 32.2 Å². The summed E-state index contributed by atoms with van der Waals surface area (Å²) in [6, 6.07) is 9.95. The SMILES string of the molecule is Fc1ccc(-c2cc(F)cc3c2CCC3N2CCNCC2)cc1. The van der Waals surface area contributed by atoms with Crippen LogP contribution in [0.4, 0.5) is 8.78 Å². The molecule has 0 radical (unpaired) electrons. The molecule has 0 bridgehead atoms. The lowest BCUT2D eigenvalue weighted by atomic mass is 9.95. The van der Waals surface area contributed by atoms with Crippen molar-refractivity contribution in [1.82, 2.24) is 10.2 Å². The minimum absolute atomic E-state index is 0.204. The summed E-state index contributed by atoms with van der Waals surface area (Å²) >= 11 is 0. The standard InChI is InChI=1S/C19H20F2N2/c20-14-3-1-13(2-4-14)17-11-15(21)12-18-16(17)5-6-19(18)23-9-7-22-8-10-23/h1-4,11-12,19,22H,5-10H2. The van der Waals surface area contributed by atoms with Crippen LogP contribution >= 0.6 is 0 Å². The van der Waals surface area contributed by atoms with Gasteiger partial charge in [0.2, 0.25) is 0 Å². The van der Waals surface area contributed by atoms with Crippen LogP contribution in [0.3, 0.4) is 0 Å².